The number of methoxy groups -OCH3 is 1. The summed E-state index contributed by atoms with van der Waals surface area (Å²) in [4.78, 5) is 18.0. The van der Waals surface area contributed by atoms with Gasteiger partial charge in [0.25, 0.3) is 0 Å². The maximum Gasteiger partial charge on any atom is 0.239 e. The number of nitrogens with one attached hydrogen (secondary N) is 1. The third-order valence-corrected chi connectivity index (χ3v) is 5.05. The van der Waals surface area contributed by atoms with E-state index >= 15 is 0 Å². The molecule has 3 aromatic rings. The number of halogens is 1. The lowest BCUT2D eigenvalue weighted by Gasteiger charge is -2.21. The molecule has 0 bridgehead atoms. The lowest BCUT2D eigenvalue weighted by atomic mass is 10.1. The maximum atomic E-state index is 13.0. The summed E-state index contributed by atoms with van der Waals surface area (Å²) in [5, 5.41) is 9.64. The molecule has 0 aliphatic carbocycles. The van der Waals surface area contributed by atoms with E-state index < -0.39 is 0 Å². The molecule has 3 heterocycles. The topological polar surface area (TPSA) is 84.2 Å². The van der Waals surface area contributed by atoms with E-state index in [0.717, 1.165) is 16.5 Å². The van der Waals surface area contributed by atoms with Crippen LogP contribution in [0.3, 0.4) is 0 Å². The number of likely N-dealkylation sites (tertiary alicyclic amines) is 1. The van der Waals surface area contributed by atoms with Gasteiger partial charge in [-0.25, -0.2) is 0 Å². The number of fused-ring (bicyclic) bond motifs is 1. The Bertz CT molecular complexity index is 951. The number of aryl methyl sites for hydroxylation is 1. The first-order chi connectivity index (χ1) is 12.5. The van der Waals surface area contributed by atoms with Crippen LogP contribution in [0.15, 0.2) is 28.8 Å². The van der Waals surface area contributed by atoms with Crippen molar-refractivity contribution in [1.29, 1.82) is 0 Å². The summed E-state index contributed by atoms with van der Waals surface area (Å²) in [6.45, 7) is 2.25. The van der Waals surface area contributed by atoms with Crippen molar-refractivity contribution in [2.45, 2.75) is 31.9 Å². The number of amides is 1. The first-order valence-corrected chi connectivity index (χ1v) is 8.80. The molecule has 1 aromatic carbocycles. The van der Waals surface area contributed by atoms with Gasteiger partial charge in [-0.1, -0.05) is 17.7 Å². The average Bonchev–Trinajstić information content (AvgIpc) is 3.32. The Labute approximate surface area is 155 Å². The van der Waals surface area contributed by atoms with E-state index in [9.17, 15) is 4.79 Å². The fourth-order valence-corrected chi connectivity index (χ4v) is 3.67. The highest BCUT2D eigenvalue weighted by Gasteiger charge is 2.39. The predicted molar refractivity (Wildman–Crippen MR) is 95.9 cm³/mol. The number of hydrogen-bond acceptors (Lipinski definition) is 5. The van der Waals surface area contributed by atoms with Crippen molar-refractivity contribution in [2.24, 2.45) is 0 Å². The molecule has 7 nitrogen and oxygen atoms in total. The molecule has 1 aliphatic rings. The molecular formula is C18H19ClN4O3. The zero-order valence-corrected chi connectivity index (χ0v) is 15.3. The zero-order chi connectivity index (χ0) is 18.3. The number of hydrogen-bond donors (Lipinski definition) is 1. The molecule has 1 N–H and O–H groups in total. The van der Waals surface area contributed by atoms with Crippen molar-refractivity contribution in [3.8, 4) is 0 Å². The molecule has 136 valence electrons. The van der Waals surface area contributed by atoms with Gasteiger partial charge in [0.1, 0.15) is 6.04 Å². The minimum atomic E-state index is -0.256. The van der Waals surface area contributed by atoms with Gasteiger partial charge in [-0.15, -0.1) is 10.2 Å². The first-order valence-electron chi connectivity index (χ1n) is 8.43. The number of aromatic amines is 1. The van der Waals surface area contributed by atoms with Crippen LogP contribution in [0.25, 0.3) is 10.9 Å². The number of benzene rings is 1. The van der Waals surface area contributed by atoms with E-state index in [2.05, 4.69) is 15.2 Å². The molecule has 1 saturated heterocycles. The quantitative estimate of drug-likeness (QED) is 0.758. The Morgan fingerprint density at radius 1 is 1.46 bits per heavy atom. The zero-order valence-electron chi connectivity index (χ0n) is 14.5. The van der Waals surface area contributed by atoms with Crippen LogP contribution in [0, 0.1) is 6.92 Å². The van der Waals surface area contributed by atoms with E-state index in [1.165, 1.54) is 0 Å². The number of ether oxygens (including phenoxy) is 1. The fraction of sp³-hybridized carbons (Fsp3) is 0.389. The molecular weight excluding hydrogens is 356 g/mol. The van der Waals surface area contributed by atoms with Gasteiger partial charge in [0.05, 0.1) is 12.5 Å². The molecule has 8 heteroatoms. The SMILES string of the molecule is CO[C@H]1C[C@H](c2nnc(C)o2)N(C(=O)Cc2c[nH]c3cc(Cl)ccc23)C1. The van der Waals surface area contributed by atoms with Gasteiger partial charge in [-0.05, 0) is 17.7 Å². The predicted octanol–water partition coefficient (Wildman–Crippen LogP) is 3.04. The molecule has 26 heavy (non-hydrogen) atoms. The Kier molecular flexibility index (Phi) is 4.42. The van der Waals surface area contributed by atoms with Gasteiger partial charge < -0.3 is 19.0 Å². The molecule has 1 amide bonds. The van der Waals surface area contributed by atoms with E-state index in [4.69, 9.17) is 20.8 Å². The maximum absolute atomic E-state index is 13.0. The molecule has 1 fully saturated rings. The van der Waals surface area contributed by atoms with Crippen LogP contribution in [0.1, 0.15) is 29.8 Å². The van der Waals surface area contributed by atoms with Crippen LogP contribution in [-0.4, -0.2) is 45.7 Å². The summed E-state index contributed by atoms with van der Waals surface area (Å²) in [5.41, 5.74) is 1.85. The summed E-state index contributed by atoms with van der Waals surface area (Å²) in [7, 11) is 1.65. The molecule has 1 aliphatic heterocycles. The molecule has 0 saturated carbocycles. The van der Waals surface area contributed by atoms with Crippen molar-refractivity contribution < 1.29 is 13.9 Å². The van der Waals surface area contributed by atoms with Crippen molar-refractivity contribution >= 4 is 28.4 Å². The Balaban J connectivity index is 1.58. The normalized spacial score (nSPS) is 20.2. The third-order valence-electron chi connectivity index (χ3n) is 4.81. The van der Waals surface area contributed by atoms with E-state index in [1.54, 1.807) is 18.9 Å². The molecule has 2 atom stereocenters. The third kappa shape index (κ3) is 3.08. The van der Waals surface area contributed by atoms with E-state index in [-0.39, 0.29) is 24.5 Å². The summed E-state index contributed by atoms with van der Waals surface area (Å²) >= 11 is 6.03. The molecule has 0 spiro atoms. The summed E-state index contributed by atoms with van der Waals surface area (Å²) in [6.07, 6.45) is 2.74. The van der Waals surface area contributed by atoms with Crippen molar-refractivity contribution in [3.63, 3.8) is 0 Å². The van der Waals surface area contributed by atoms with Crippen LogP contribution in [0.4, 0.5) is 0 Å². The van der Waals surface area contributed by atoms with Crippen molar-refractivity contribution in [3.05, 3.63) is 46.8 Å². The average molecular weight is 375 g/mol. The number of carbonyl (C=O) groups is 1. The van der Waals surface area contributed by atoms with Crippen molar-refractivity contribution in [2.75, 3.05) is 13.7 Å². The minimum Gasteiger partial charge on any atom is -0.423 e. The summed E-state index contributed by atoms with van der Waals surface area (Å²) in [5.74, 6) is 0.948. The van der Waals surface area contributed by atoms with E-state index in [0.29, 0.717) is 29.8 Å². The number of nitrogens with zero attached hydrogens (tertiary/aromatic N) is 3. The van der Waals surface area contributed by atoms with Gasteiger partial charge in [0, 0.05) is 49.1 Å². The minimum absolute atomic E-state index is 0.00116. The fourth-order valence-electron chi connectivity index (χ4n) is 3.49. The summed E-state index contributed by atoms with van der Waals surface area (Å²) < 4.78 is 11.0. The standard InChI is InChI=1S/C18H19ClN4O3/c1-10-21-22-18(26-10)16-7-13(25-2)9-23(16)17(24)5-11-8-20-15-6-12(19)3-4-14(11)15/h3-4,6,8,13,16,20H,5,7,9H2,1-2H3/t13-,16+/m0/s1. The Hall–Kier alpha value is -2.38. The Morgan fingerprint density at radius 2 is 2.31 bits per heavy atom. The largest absolute Gasteiger partial charge is 0.423 e. The molecule has 0 radical (unpaired) electrons. The molecule has 2 aromatic heterocycles. The van der Waals surface area contributed by atoms with Crippen LogP contribution < -0.4 is 0 Å². The number of aromatic nitrogens is 3. The Morgan fingerprint density at radius 3 is 3.04 bits per heavy atom. The second kappa shape index (κ2) is 6.74. The highest BCUT2D eigenvalue weighted by molar-refractivity contribution is 6.31. The van der Waals surface area contributed by atoms with Crippen molar-refractivity contribution in [1.82, 2.24) is 20.1 Å². The van der Waals surface area contributed by atoms with Gasteiger partial charge in [-0.2, -0.15) is 0 Å². The molecule has 0 unspecified atom stereocenters. The van der Waals surface area contributed by atoms with E-state index in [1.807, 2.05) is 24.4 Å². The van der Waals surface area contributed by atoms with Crippen LogP contribution in [0.5, 0.6) is 0 Å². The second-order valence-corrected chi connectivity index (χ2v) is 6.93. The monoisotopic (exact) mass is 374 g/mol. The highest BCUT2D eigenvalue weighted by atomic mass is 35.5. The van der Waals surface area contributed by atoms with Gasteiger partial charge in [-0.3, -0.25) is 4.79 Å². The lowest BCUT2D eigenvalue weighted by molar-refractivity contribution is -0.132. The van der Waals surface area contributed by atoms with Gasteiger partial charge in [0.2, 0.25) is 17.7 Å². The first kappa shape index (κ1) is 17.1. The number of carbonyl (C=O) groups excluding carboxylic acids is 1. The molecule has 4 rings (SSSR count). The highest BCUT2D eigenvalue weighted by Crippen LogP contribution is 2.33. The smallest absolute Gasteiger partial charge is 0.239 e. The second-order valence-electron chi connectivity index (χ2n) is 6.50. The lowest BCUT2D eigenvalue weighted by Crippen LogP contribution is -2.33. The van der Waals surface area contributed by atoms with Crippen LogP contribution >= 0.6 is 11.6 Å². The van der Waals surface area contributed by atoms with Gasteiger partial charge >= 0.3 is 0 Å². The number of rotatable bonds is 4. The summed E-state index contributed by atoms with van der Waals surface area (Å²) in [6, 6.07) is 5.35. The van der Waals surface area contributed by atoms with Gasteiger partial charge in [0.15, 0.2) is 0 Å². The van der Waals surface area contributed by atoms with Crippen LogP contribution in [0.2, 0.25) is 5.02 Å². The van der Waals surface area contributed by atoms with Crippen LogP contribution in [-0.2, 0) is 16.0 Å². The number of H-pyrrole nitrogens is 1.